The first-order valence-electron chi connectivity index (χ1n) is 5.53. The van der Waals surface area contributed by atoms with Gasteiger partial charge in [-0.05, 0) is 24.0 Å². The molecular weight excluding hydrogens is 293 g/mol. The van der Waals surface area contributed by atoms with Crippen LogP contribution in [0.5, 0.6) is 0 Å². The third-order valence-electron chi connectivity index (χ3n) is 2.07. The van der Waals surface area contributed by atoms with Gasteiger partial charge in [0.25, 0.3) is 5.91 Å². The molecule has 0 heterocycles. The van der Waals surface area contributed by atoms with Crippen molar-refractivity contribution in [2.24, 2.45) is 5.16 Å². The van der Waals surface area contributed by atoms with Crippen LogP contribution in [0.25, 0.3) is 0 Å². The highest BCUT2D eigenvalue weighted by molar-refractivity contribution is 7.98. The summed E-state index contributed by atoms with van der Waals surface area (Å²) < 4.78 is 35.4. The summed E-state index contributed by atoms with van der Waals surface area (Å²) in [6.07, 6.45) is -1.11. The van der Waals surface area contributed by atoms with Crippen LogP contribution in [-0.2, 0) is 9.63 Å². The van der Waals surface area contributed by atoms with Gasteiger partial charge in [0.1, 0.15) is 6.54 Å². The number of oxime groups is 1. The molecule has 0 fully saturated rings. The maximum Gasteiger partial charge on any atom is 0.405 e. The molecule has 0 atom stereocenters. The maximum atomic E-state index is 11.8. The van der Waals surface area contributed by atoms with Crippen molar-refractivity contribution >= 4 is 23.9 Å². The number of carbonyl (C=O) groups is 1. The van der Waals surface area contributed by atoms with Crippen molar-refractivity contribution in [2.75, 3.05) is 19.4 Å². The molecule has 0 radical (unpaired) electrons. The number of nitrogens with zero attached hydrogens (tertiary/aromatic N) is 1. The third-order valence-corrected chi connectivity index (χ3v) is 2.82. The Morgan fingerprint density at radius 3 is 2.60 bits per heavy atom. The predicted octanol–water partition coefficient (Wildman–Crippen LogP) is 2.44. The van der Waals surface area contributed by atoms with Gasteiger partial charge in [-0.2, -0.15) is 13.2 Å². The molecule has 1 rings (SSSR count). The lowest BCUT2D eigenvalue weighted by Crippen LogP contribution is -2.35. The fraction of sp³-hybridized carbons (Fsp3) is 0.333. The quantitative estimate of drug-likeness (QED) is 0.499. The Morgan fingerprint density at radius 1 is 1.40 bits per heavy atom. The number of halogens is 3. The lowest BCUT2D eigenvalue weighted by molar-refractivity contribution is -0.141. The van der Waals surface area contributed by atoms with Gasteiger partial charge in [0.2, 0.25) is 0 Å². The van der Waals surface area contributed by atoms with E-state index < -0.39 is 25.2 Å². The first-order chi connectivity index (χ1) is 9.40. The average molecular weight is 306 g/mol. The van der Waals surface area contributed by atoms with Crippen molar-refractivity contribution in [3.63, 3.8) is 0 Å². The highest BCUT2D eigenvalue weighted by atomic mass is 32.2. The Hall–Kier alpha value is -1.70. The number of carbonyl (C=O) groups excluding carboxylic acids is 1. The van der Waals surface area contributed by atoms with E-state index in [9.17, 15) is 18.0 Å². The van der Waals surface area contributed by atoms with E-state index in [0.29, 0.717) is 0 Å². The molecule has 1 aromatic carbocycles. The second kappa shape index (κ2) is 7.78. The zero-order valence-corrected chi connectivity index (χ0v) is 11.4. The molecular formula is C12H13F3N2O2S. The van der Waals surface area contributed by atoms with Crippen molar-refractivity contribution in [1.82, 2.24) is 5.32 Å². The maximum absolute atomic E-state index is 11.8. The van der Waals surface area contributed by atoms with Crippen LogP contribution in [0.1, 0.15) is 5.56 Å². The van der Waals surface area contributed by atoms with Crippen molar-refractivity contribution < 1.29 is 22.8 Å². The van der Waals surface area contributed by atoms with Crippen LogP contribution in [0, 0.1) is 0 Å². The number of thioether (sulfide) groups is 1. The molecule has 1 aromatic rings. The Balaban J connectivity index is 2.28. The molecule has 20 heavy (non-hydrogen) atoms. The lowest BCUT2D eigenvalue weighted by atomic mass is 10.2. The van der Waals surface area contributed by atoms with Gasteiger partial charge >= 0.3 is 6.18 Å². The van der Waals surface area contributed by atoms with Gasteiger partial charge in [-0.15, -0.1) is 11.8 Å². The smallest absolute Gasteiger partial charge is 0.386 e. The Kier molecular flexibility index (Phi) is 6.37. The predicted molar refractivity (Wildman–Crippen MR) is 70.8 cm³/mol. The Bertz CT molecular complexity index is 461. The van der Waals surface area contributed by atoms with Crippen molar-refractivity contribution in [2.45, 2.75) is 11.1 Å². The summed E-state index contributed by atoms with van der Waals surface area (Å²) >= 11 is 1.60. The van der Waals surface area contributed by atoms with E-state index in [4.69, 9.17) is 0 Å². The van der Waals surface area contributed by atoms with Gasteiger partial charge in [0.05, 0.1) is 6.21 Å². The van der Waals surface area contributed by atoms with Crippen LogP contribution in [0.3, 0.4) is 0 Å². The second-order valence-corrected chi connectivity index (χ2v) is 4.55. The van der Waals surface area contributed by atoms with Crippen LogP contribution >= 0.6 is 11.8 Å². The Morgan fingerprint density at radius 2 is 2.05 bits per heavy atom. The van der Waals surface area contributed by atoms with E-state index in [0.717, 1.165) is 10.5 Å². The summed E-state index contributed by atoms with van der Waals surface area (Å²) in [6.45, 7) is -1.94. The number of alkyl halides is 3. The molecule has 0 aliphatic heterocycles. The fourth-order valence-corrected chi connectivity index (χ4v) is 1.54. The summed E-state index contributed by atoms with van der Waals surface area (Å²) in [7, 11) is 0. The summed E-state index contributed by atoms with van der Waals surface area (Å²) in [4.78, 5) is 16.7. The molecule has 1 amide bonds. The zero-order valence-electron chi connectivity index (χ0n) is 10.6. The van der Waals surface area contributed by atoms with E-state index in [1.54, 1.807) is 17.1 Å². The number of benzene rings is 1. The van der Waals surface area contributed by atoms with Crippen molar-refractivity contribution in [3.05, 3.63) is 29.8 Å². The largest absolute Gasteiger partial charge is 0.405 e. The SMILES string of the molecule is CSc1ccc(/C=N\OCC(=O)NCC(F)(F)F)cc1. The first kappa shape index (κ1) is 16.4. The third kappa shape index (κ3) is 7.03. The molecule has 0 aliphatic rings. The van der Waals surface area contributed by atoms with Gasteiger partial charge in [-0.25, -0.2) is 0 Å². The molecule has 4 nitrogen and oxygen atoms in total. The molecule has 0 aliphatic carbocycles. The van der Waals surface area contributed by atoms with Gasteiger partial charge < -0.3 is 10.2 Å². The molecule has 0 aromatic heterocycles. The van der Waals surface area contributed by atoms with Gasteiger partial charge in [-0.1, -0.05) is 17.3 Å². The van der Waals surface area contributed by atoms with E-state index in [1.165, 1.54) is 6.21 Å². The summed E-state index contributed by atoms with van der Waals surface area (Å²) in [6, 6.07) is 7.40. The lowest BCUT2D eigenvalue weighted by Gasteiger charge is -2.07. The molecule has 0 saturated heterocycles. The average Bonchev–Trinajstić information content (AvgIpc) is 2.41. The number of hydrogen-bond acceptors (Lipinski definition) is 4. The second-order valence-electron chi connectivity index (χ2n) is 3.67. The minimum Gasteiger partial charge on any atom is -0.386 e. The minimum atomic E-state index is -4.43. The number of amides is 1. The normalized spacial score (nSPS) is 11.6. The van der Waals surface area contributed by atoms with E-state index in [1.807, 2.05) is 30.5 Å². The fourth-order valence-electron chi connectivity index (χ4n) is 1.13. The van der Waals surface area contributed by atoms with Crippen LogP contribution < -0.4 is 5.32 Å². The van der Waals surface area contributed by atoms with Crippen molar-refractivity contribution in [1.29, 1.82) is 0 Å². The number of nitrogens with one attached hydrogen (secondary N) is 1. The number of rotatable bonds is 6. The minimum absolute atomic E-state index is 0.560. The molecule has 8 heteroatoms. The van der Waals surface area contributed by atoms with Crippen LogP contribution in [0.4, 0.5) is 13.2 Å². The van der Waals surface area contributed by atoms with Gasteiger partial charge in [0.15, 0.2) is 6.61 Å². The first-order valence-corrected chi connectivity index (χ1v) is 6.76. The summed E-state index contributed by atoms with van der Waals surface area (Å²) in [5.74, 6) is -0.878. The van der Waals surface area contributed by atoms with E-state index in [-0.39, 0.29) is 0 Å². The van der Waals surface area contributed by atoms with Crippen LogP contribution in [0.15, 0.2) is 34.3 Å². The van der Waals surface area contributed by atoms with Crippen LogP contribution in [0.2, 0.25) is 0 Å². The van der Waals surface area contributed by atoms with Crippen molar-refractivity contribution in [3.8, 4) is 0 Å². The highest BCUT2D eigenvalue weighted by Gasteiger charge is 2.27. The highest BCUT2D eigenvalue weighted by Crippen LogP contribution is 2.14. The molecule has 1 N–H and O–H groups in total. The summed E-state index contributed by atoms with van der Waals surface area (Å²) in [5.41, 5.74) is 0.762. The molecule has 0 bridgehead atoms. The van der Waals surface area contributed by atoms with Gasteiger partial charge in [0, 0.05) is 4.90 Å². The Labute approximate surface area is 118 Å². The molecule has 110 valence electrons. The topological polar surface area (TPSA) is 50.7 Å². The molecule has 0 saturated carbocycles. The van der Waals surface area contributed by atoms with Crippen LogP contribution in [-0.4, -0.2) is 37.7 Å². The monoisotopic (exact) mass is 306 g/mol. The van der Waals surface area contributed by atoms with E-state index in [2.05, 4.69) is 9.99 Å². The summed E-state index contributed by atoms with van der Waals surface area (Å²) in [5, 5.41) is 5.18. The molecule has 0 spiro atoms. The number of hydrogen-bond donors (Lipinski definition) is 1. The standard InChI is InChI=1S/C12H13F3N2O2S/c1-20-10-4-2-9(3-5-10)6-17-19-7-11(18)16-8-12(13,14)15/h2-6H,7-8H2,1H3,(H,16,18)/b17-6-. The van der Waals surface area contributed by atoms with E-state index >= 15 is 0 Å². The zero-order chi connectivity index (χ0) is 15.0. The molecule has 0 unspecified atom stereocenters. The van der Waals surface area contributed by atoms with Gasteiger partial charge in [-0.3, -0.25) is 4.79 Å².